The molecule has 1 atom stereocenters. The van der Waals surface area contributed by atoms with Gasteiger partial charge >= 0.3 is 0 Å². The summed E-state index contributed by atoms with van der Waals surface area (Å²) in [5.41, 5.74) is 3.33. The van der Waals surface area contributed by atoms with Crippen molar-refractivity contribution in [3.8, 4) is 5.69 Å². The van der Waals surface area contributed by atoms with Crippen LogP contribution in [-0.4, -0.2) is 28.1 Å². The first kappa shape index (κ1) is 28.1. The van der Waals surface area contributed by atoms with Gasteiger partial charge < -0.3 is 0 Å². The number of nitro benzene ring substituents is 1. The van der Waals surface area contributed by atoms with E-state index in [-0.39, 0.29) is 9.92 Å². The molecule has 198 valence electrons. The standard InChI is InChI=1S/C25H23Cl2N5O4S2/c1-15-5-4-6-18(11-15)14-37-25-29-28-24(31(25)22-12-19(26)8-7-16(22)2)17(3)30-38(35,36)20-9-10-21(27)23(13-20)32(33)34/h4-13,17,30H,14H2,1-3H3. The van der Waals surface area contributed by atoms with Crippen LogP contribution in [0.2, 0.25) is 10.0 Å². The number of hydrogen-bond acceptors (Lipinski definition) is 7. The molecule has 13 heteroatoms. The Morgan fingerprint density at radius 3 is 2.55 bits per heavy atom. The SMILES string of the molecule is Cc1cccc(CSc2nnc(C(C)NS(=O)(=O)c3ccc(Cl)c([N+](=O)[O-])c3)n2-c2cc(Cl)ccc2C)c1. The molecule has 0 saturated heterocycles. The van der Waals surface area contributed by atoms with E-state index >= 15 is 0 Å². The van der Waals surface area contributed by atoms with E-state index in [1.807, 2.05) is 38.1 Å². The molecular formula is C25H23Cl2N5O4S2. The van der Waals surface area contributed by atoms with Crippen molar-refractivity contribution in [3.05, 3.63) is 103 Å². The van der Waals surface area contributed by atoms with Crippen LogP contribution < -0.4 is 4.72 Å². The Morgan fingerprint density at radius 1 is 1.08 bits per heavy atom. The number of halogens is 2. The van der Waals surface area contributed by atoms with E-state index in [1.54, 1.807) is 23.6 Å². The molecule has 0 aliphatic rings. The first-order valence-electron chi connectivity index (χ1n) is 11.3. The third kappa shape index (κ3) is 6.19. The summed E-state index contributed by atoms with van der Waals surface area (Å²) in [6.07, 6.45) is 0. The van der Waals surface area contributed by atoms with Crippen LogP contribution >= 0.6 is 35.0 Å². The second-order valence-corrected chi connectivity index (χ2v) is 12.1. The molecule has 3 aromatic carbocycles. The third-order valence-corrected chi connectivity index (χ3v) is 8.76. The van der Waals surface area contributed by atoms with Crippen LogP contribution in [0.3, 0.4) is 0 Å². The van der Waals surface area contributed by atoms with Crippen molar-refractivity contribution in [2.45, 2.75) is 42.6 Å². The fraction of sp³-hybridized carbons (Fsp3) is 0.200. The number of thioether (sulfide) groups is 1. The summed E-state index contributed by atoms with van der Waals surface area (Å²) in [6.45, 7) is 5.55. The average molecular weight is 593 g/mol. The molecule has 0 bridgehead atoms. The van der Waals surface area contributed by atoms with E-state index in [2.05, 4.69) is 21.0 Å². The summed E-state index contributed by atoms with van der Waals surface area (Å²) >= 11 is 13.6. The summed E-state index contributed by atoms with van der Waals surface area (Å²) in [5, 5.41) is 20.8. The van der Waals surface area contributed by atoms with Crippen molar-refractivity contribution in [1.29, 1.82) is 0 Å². The second kappa shape index (κ2) is 11.4. The highest BCUT2D eigenvalue weighted by molar-refractivity contribution is 7.98. The predicted molar refractivity (Wildman–Crippen MR) is 149 cm³/mol. The monoisotopic (exact) mass is 591 g/mol. The highest BCUT2D eigenvalue weighted by Crippen LogP contribution is 2.32. The van der Waals surface area contributed by atoms with Crippen molar-refractivity contribution < 1.29 is 13.3 Å². The van der Waals surface area contributed by atoms with Gasteiger partial charge in [-0.3, -0.25) is 14.7 Å². The molecule has 0 saturated carbocycles. The number of hydrogen-bond donors (Lipinski definition) is 1. The molecule has 4 rings (SSSR count). The summed E-state index contributed by atoms with van der Waals surface area (Å²) < 4.78 is 30.7. The molecule has 0 spiro atoms. The van der Waals surface area contributed by atoms with E-state index in [4.69, 9.17) is 23.2 Å². The summed E-state index contributed by atoms with van der Waals surface area (Å²) in [6, 6.07) is 16.0. The smallest absolute Gasteiger partial charge is 0.272 e. The highest BCUT2D eigenvalue weighted by Gasteiger charge is 2.27. The molecule has 4 aromatic rings. The Morgan fingerprint density at radius 2 is 1.84 bits per heavy atom. The zero-order valence-electron chi connectivity index (χ0n) is 20.6. The lowest BCUT2D eigenvalue weighted by Crippen LogP contribution is -2.29. The zero-order valence-corrected chi connectivity index (χ0v) is 23.7. The highest BCUT2D eigenvalue weighted by atomic mass is 35.5. The molecule has 1 aromatic heterocycles. The van der Waals surface area contributed by atoms with E-state index < -0.39 is 26.7 Å². The molecule has 1 unspecified atom stereocenters. The number of benzene rings is 3. The quantitative estimate of drug-likeness (QED) is 0.135. The minimum atomic E-state index is -4.18. The molecule has 0 aliphatic carbocycles. The summed E-state index contributed by atoms with van der Waals surface area (Å²) in [7, 11) is -4.18. The van der Waals surface area contributed by atoms with Gasteiger partial charge in [0.15, 0.2) is 11.0 Å². The maximum Gasteiger partial charge on any atom is 0.289 e. The number of nitrogens with zero attached hydrogens (tertiary/aromatic N) is 4. The minimum Gasteiger partial charge on any atom is -0.272 e. The van der Waals surface area contributed by atoms with Gasteiger partial charge in [-0.05, 0) is 56.2 Å². The largest absolute Gasteiger partial charge is 0.289 e. The van der Waals surface area contributed by atoms with Crippen LogP contribution in [-0.2, 0) is 15.8 Å². The number of sulfonamides is 1. The molecule has 0 fully saturated rings. The Bertz CT molecular complexity index is 1630. The van der Waals surface area contributed by atoms with Gasteiger partial charge in [0.2, 0.25) is 10.0 Å². The van der Waals surface area contributed by atoms with Gasteiger partial charge in [0.25, 0.3) is 5.69 Å². The van der Waals surface area contributed by atoms with E-state index in [1.165, 1.54) is 23.9 Å². The number of aromatic nitrogens is 3. The lowest BCUT2D eigenvalue weighted by atomic mass is 10.2. The molecule has 0 aliphatic heterocycles. The van der Waals surface area contributed by atoms with Gasteiger partial charge in [0.1, 0.15) is 5.02 Å². The van der Waals surface area contributed by atoms with Crippen LogP contribution in [0.25, 0.3) is 5.69 Å². The molecule has 9 nitrogen and oxygen atoms in total. The minimum absolute atomic E-state index is 0.159. The Balaban J connectivity index is 1.71. The van der Waals surface area contributed by atoms with E-state index in [0.29, 0.717) is 27.4 Å². The second-order valence-electron chi connectivity index (χ2n) is 8.60. The molecule has 38 heavy (non-hydrogen) atoms. The normalized spacial score (nSPS) is 12.4. The third-order valence-electron chi connectivity index (χ3n) is 5.66. The number of nitrogens with one attached hydrogen (secondary N) is 1. The van der Waals surface area contributed by atoms with Gasteiger partial charge in [-0.25, -0.2) is 13.1 Å². The van der Waals surface area contributed by atoms with Crippen LogP contribution in [0.4, 0.5) is 5.69 Å². The fourth-order valence-corrected chi connectivity index (χ4v) is 6.28. The first-order valence-corrected chi connectivity index (χ1v) is 14.5. The molecule has 1 heterocycles. The van der Waals surface area contributed by atoms with Crippen LogP contribution in [0.5, 0.6) is 0 Å². The lowest BCUT2D eigenvalue weighted by molar-refractivity contribution is -0.384. The van der Waals surface area contributed by atoms with E-state index in [0.717, 1.165) is 22.8 Å². The van der Waals surface area contributed by atoms with Gasteiger partial charge in [0, 0.05) is 16.8 Å². The van der Waals surface area contributed by atoms with Crippen molar-refractivity contribution in [1.82, 2.24) is 19.5 Å². The molecule has 0 amide bonds. The topological polar surface area (TPSA) is 120 Å². The van der Waals surface area contributed by atoms with Crippen LogP contribution in [0.1, 0.15) is 35.5 Å². The molecular weight excluding hydrogens is 569 g/mol. The molecule has 1 N–H and O–H groups in total. The summed E-state index contributed by atoms with van der Waals surface area (Å²) in [4.78, 5) is 10.2. The van der Waals surface area contributed by atoms with Crippen molar-refractivity contribution in [2.75, 3.05) is 0 Å². The van der Waals surface area contributed by atoms with E-state index in [9.17, 15) is 18.5 Å². The summed E-state index contributed by atoms with van der Waals surface area (Å²) in [5.74, 6) is 0.947. The van der Waals surface area contributed by atoms with Crippen molar-refractivity contribution >= 4 is 50.7 Å². The first-order chi connectivity index (χ1) is 18.0. The van der Waals surface area contributed by atoms with Gasteiger partial charge in [0.05, 0.1) is 21.5 Å². The zero-order chi connectivity index (χ0) is 27.6. The Labute approximate surface area is 234 Å². The fourth-order valence-electron chi connectivity index (χ4n) is 3.81. The van der Waals surface area contributed by atoms with Crippen molar-refractivity contribution in [2.24, 2.45) is 0 Å². The maximum atomic E-state index is 13.2. The Hall–Kier alpha value is -2.96. The predicted octanol–water partition coefficient (Wildman–Crippen LogP) is 6.43. The number of aryl methyl sites for hydroxylation is 2. The van der Waals surface area contributed by atoms with Crippen LogP contribution in [0.15, 0.2) is 70.7 Å². The lowest BCUT2D eigenvalue weighted by Gasteiger charge is -2.18. The molecule has 0 radical (unpaired) electrons. The Kier molecular flexibility index (Phi) is 8.43. The maximum absolute atomic E-state index is 13.2. The van der Waals surface area contributed by atoms with Gasteiger partial charge in [-0.1, -0.05) is 70.9 Å². The van der Waals surface area contributed by atoms with Gasteiger partial charge in [-0.15, -0.1) is 10.2 Å². The number of rotatable bonds is 9. The van der Waals surface area contributed by atoms with Crippen molar-refractivity contribution in [3.63, 3.8) is 0 Å². The average Bonchev–Trinajstić information content (AvgIpc) is 3.28. The number of nitro groups is 1. The van der Waals surface area contributed by atoms with Gasteiger partial charge in [-0.2, -0.15) is 0 Å². The van der Waals surface area contributed by atoms with Crippen LogP contribution in [0, 0.1) is 24.0 Å².